The number of amides is 1. The molecule has 1 N–H and O–H groups in total. The van der Waals surface area contributed by atoms with Crippen LogP contribution in [-0.4, -0.2) is 25.3 Å². The summed E-state index contributed by atoms with van der Waals surface area (Å²) >= 11 is 3.33. The summed E-state index contributed by atoms with van der Waals surface area (Å²) in [5.41, 5.74) is 3.11. The fourth-order valence-corrected chi connectivity index (χ4v) is 2.13. The molecule has 0 unspecified atom stereocenters. The average molecular weight is 387 g/mol. The zero-order valence-electron chi connectivity index (χ0n) is 12.7. The van der Waals surface area contributed by atoms with Gasteiger partial charge in [0.25, 0.3) is 5.91 Å². The van der Waals surface area contributed by atoms with Crippen molar-refractivity contribution < 1.29 is 14.3 Å². The van der Waals surface area contributed by atoms with E-state index in [-0.39, 0.29) is 19.1 Å². The predicted octanol–water partition coefficient (Wildman–Crippen LogP) is 2.99. The first kappa shape index (κ1) is 17.6. The van der Waals surface area contributed by atoms with Crippen molar-refractivity contribution in [2.45, 2.75) is 0 Å². The molecule has 0 fully saturated rings. The van der Waals surface area contributed by atoms with Crippen molar-refractivity contribution in [3.05, 3.63) is 58.6 Å². The number of ether oxygens (including phenoxy) is 2. The first-order valence-electron chi connectivity index (χ1n) is 7.04. The van der Waals surface area contributed by atoms with E-state index in [1.807, 2.05) is 24.3 Å². The van der Waals surface area contributed by atoms with Gasteiger partial charge in [-0.05, 0) is 30.3 Å². The van der Waals surface area contributed by atoms with E-state index in [2.05, 4.69) is 32.4 Å². The van der Waals surface area contributed by atoms with Gasteiger partial charge in [0.1, 0.15) is 18.1 Å². The van der Waals surface area contributed by atoms with Crippen LogP contribution < -0.4 is 14.9 Å². The van der Waals surface area contributed by atoms with Gasteiger partial charge in [-0.25, -0.2) is 5.43 Å². The van der Waals surface area contributed by atoms with E-state index < -0.39 is 0 Å². The predicted molar refractivity (Wildman–Crippen MR) is 96.1 cm³/mol. The van der Waals surface area contributed by atoms with Crippen LogP contribution >= 0.6 is 15.9 Å². The molecule has 2 aromatic carbocycles. The standard InChI is InChI=1S/C18H15BrN2O3/c1-2-10-23-17-9-4-3-6-14(17)12-20-21-18(22)13-24-16-8-5-7-15(19)11-16/h1,3-9,11-12H,10,13H2,(H,21,22)/b20-12-. The molecule has 5 nitrogen and oxygen atoms in total. The number of hydrazone groups is 1. The van der Waals surface area contributed by atoms with Crippen molar-refractivity contribution in [1.29, 1.82) is 0 Å². The lowest BCUT2D eigenvalue weighted by atomic mass is 10.2. The Morgan fingerprint density at radius 1 is 1.25 bits per heavy atom. The maximum Gasteiger partial charge on any atom is 0.277 e. The van der Waals surface area contributed by atoms with E-state index in [0.29, 0.717) is 17.1 Å². The molecule has 0 aliphatic carbocycles. The number of halogens is 1. The second-order valence-corrected chi connectivity index (χ2v) is 5.49. The van der Waals surface area contributed by atoms with E-state index >= 15 is 0 Å². The van der Waals surface area contributed by atoms with Crippen LogP contribution in [0.4, 0.5) is 0 Å². The number of terminal acetylenes is 1. The molecular weight excluding hydrogens is 372 g/mol. The normalized spacial score (nSPS) is 10.2. The monoisotopic (exact) mass is 386 g/mol. The molecule has 0 atom stereocenters. The number of hydrogen-bond acceptors (Lipinski definition) is 4. The van der Waals surface area contributed by atoms with Crippen molar-refractivity contribution >= 4 is 28.1 Å². The molecule has 0 heterocycles. The SMILES string of the molecule is C#CCOc1ccccc1/C=N\NC(=O)COc1cccc(Br)c1. The highest BCUT2D eigenvalue weighted by molar-refractivity contribution is 9.10. The number of rotatable bonds is 7. The summed E-state index contributed by atoms with van der Waals surface area (Å²) in [6.45, 7) is 0.0285. The third-order valence-corrected chi connectivity index (χ3v) is 3.28. The Balaban J connectivity index is 1.85. The minimum absolute atomic E-state index is 0.136. The summed E-state index contributed by atoms with van der Waals surface area (Å²) in [6.07, 6.45) is 6.66. The number of carbonyl (C=O) groups excluding carboxylic acids is 1. The molecule has 0 radical (unpaired) electrons. The molecule has 0 aliphatic heterocycles. The van der Waals surface area contributed by atoms with Crippen LogP contribution in [0.1, 0.15) is 5.56 Å². The molecule has 0 bridgehead atoms. The van der Waals surface area contributed by atoms with Crippen molar-refractivity contribution in [1.82, 2.24) is 5.43 Å². The van der Waals surface area contributed by atoms with Gasteiger partial charge in [0.15, 0.2) is 6.61 Å². The van der Waals surface area contributed by atoms with E-state index in [0.717, 1.165) is 4.47 Å². The Bertz CT molecular complexity index is 769. The number of nitrogens with zero attached hydrogens (tertiary/aromatic N) is 1. The van der Waals surface area contributed by atoms with Crippen LogP contribution in [0.3, 0.4) is 0 Å². The maximum absolute atomic E-state index is 11.7. The maximum atomic E-state index is 11.7. The molecular formula is C18H15BrN2O3. The molecule has 122 valence electrons. The minimum atomic E-state index is -0.367. The van der Waals surface area contributed by atoms with Gasteiger partial charge < -0.3 is 9.47 Å². The van der Waals surface area contributed by atoms with Crippen molar-refractivity contribution in [2.24, 2.45) is 5.10 Å². The van der Waals surface area contributed by atoms with Gasteiger partial charge in [0.2, 0.25) is 0 Å². The zero-order valence-corrected chi connectivity index (χ0v) is 14.3. The Kier molecular flexibility index (Phi) is 6.87. The lowest BCUT2D eigenvalue weighted by Gasteiger charge is -2.06. The summed E-state index contributed by atoms with van der Waals surface area (Å²) in [5.74, 6) is 3.22. The molecule has 0 aliphatic rings. The second-order valence-electron chi connectivity index (χ2n) is 4.57. The first-order chi connectivity index (χ1) is 11.7. The Morgan fingerprint density at radius 2 is 2.08 bits per heavy atom. The summed E-state index contributed by atoms with van der Waals surface area (Å²) in [6, 6.07) is 14.5. The van der Waals surface area contributed by atoms with Gasteiger partial charge >= 0.3 is 0 Å². The van der Waals surface area contributed by atoms with E-state index in [1.165, 1.54) is 6.21 Å². The fraction of sp³-hybridized carbons (Fsp3) is 0.111. The molecule has 0 aromatic heterocycles. The van der Waals surface area contributed by atoms with Gasteiger partial charge in [-0.3, -0.25) is 4.79 Å². The molecule has 0 saturated heterocycles. The summed E-state index contributed by atoms with van der Waals surface area (Å²) < 4.78 is 11.6. The highest BCUT2D eigenvalue weighted by atomic mass is 79.9. The quantitative estimate of drug-likeness (QED) is 0.452. The third-order valence-electron chi connectivity index (χ3n) is 2.79. The summed E-state index contributed by atoms with van der Waals surface area (Å²) in [5, 5.41) is 3.89. The van der Waals surface area contributed by atoms with Crippen LogP contribution in [0.25, 0.3) is 0 Å². The molecule has 0 saturated carbocycles. The van der Waals surface area contributed by atoms with E-state index in [1.54, 1.807) is 24.3 Å². The Labute approximate surface area is 148 Å². The third kappa shape index (κ3) is 5.78. The summed E-state index contributed by atoms with van der Waals surface area (Å²) in [4.78, 5) is 11.7. The van der Waals surface area contributed by atoms with Gasteiger partial charge in [-0.15, -0.1) is 6.42 Å². The zero-order chi connectivity index (χ0) is 17.2. The molecule has 1 amide bonds. The Hall–Kier alpha value is -2.78. The van der Waals surface area contributed by atoms with Crippen LogP contribution in [0.5, 0.6) is 11.5 Å². The van der Waals surface area contributed by atoms with Crippen molar-refractivity contribution in [3.8, 4) is 23.8 Å². The lowest BCUT2D eigenvalue weighted by molar-refractivity contribution is -0.123. The number of carbonyl (C=O) groups is 1. The van der Waals surface area contributed by atoms with E-state index in [4.69, 9.17) is 15.9 Å². The first-order valence-corrected chi connectivity index (χ1v) is 7.84. The highest BCUT2D eigenvalue weighted by Gasteiger charge is 2.03. The topological polar surface area (TPSA) is 59.9 Å². The van der Waals surface area contributed by atoms with Gasteiger partial charge in [-0.1, -0.05) is 40.0 Å². The number of benzene rings is 2. The number of hydrogen-bond donors (Lipinski definition) is 1. The fourth-order valence-electron chi connectivity index (χ4n) is 1.75. The average Bonchev–Trinajstić information content (AvgIpc) is 2.59. The highest BCUT2D eigenvalue weighted by Crippen LogP contribution is 2.17. The Morgan fingerprint density at radius 3 is 2.88 bits per heavy atom. The van der Waals surface area contributed by atoms with Gasteiger partial charge in [-0.2, -0.15) is 5.10 Å². The smallest absolute Gasteiger partial charge is 0.277 e. The summed E-state index contributed by atoms with van der Waals surface area (Å²) in [7, 11) is 0. The van der Waals surface area contributed by atoms with Crippen molar-refractivity contribution in [2.75, 3.05) is 13.2 Å². The van der Waals surface area contributed by atoms with Crippen molar-refractivity contribution in [3.63, 3.8) is 0 Å². The minimum Gasteiger partial charge on any atom is -0.484 e. The lowest BCUT2D eigenvalue weighted by Crippen LogP contribution is -2.24. The van der Waals surface area contributed by atoms with Crippen LogP contribution in [0.15, 0.2) is 58.1 Å². The van der Waals surface area contributed by atoms with Gasteiger partial charge in [0, 0.05) is 10.0 Å². The number of nitrogens with one attached hydrogen (secondary N) is 1. The van der Waals surface area contributed by atoms with E-state index in [9.17, 15) is 4.79 Å². The molecule has 24 heavy (non-hydrogen) atoms. The van der Waals surface area contributed by atoms with Crippen LogP contribution in [0, 0.1) is 12.3 Å². The van der Waals surface area contributed by atoms with Gasteiger partial charge in [0.05, 0.1) is 6.21 Å². The largest absolute Gasteiger partial charge is 0.484 e. The van der Waals surface area contributed by atoms with Crippen LogP contribution in [0.2, 0.25) is 0 Å². The molecule has 0 spiro atoms. The molecule has 2 aromatic rings. The molecule has 2 rings (SSSR count). The molecule has 6 heteroatoms. The number of para-hydroxylation sites is 1. The second kappa shape index (κ2) is 9.38. The van der Waals surface area contributed by atoms with Crippen LogP contribution in [-0.2, 0) is 4.79 Å².